The summed E-state index contributed by atoms with van der Waals surface area (Å²) in [6.45, 7) is 17.9. The molecule has 3 heterocycles. The number of pyridine rings is 1. The van der Waals surface area contributed by atoms with E-state index in [4.69, 9.17) is 4.98 Å². The molecule has 7 rings (SSSR count). The van der Waals surface area contributed by atoms with Gasteiger partial charge in [0.25, 0.3) is 0 Å². The Balaban J connectivity index is 0.00000386. The third-order valence-electron chi connectivity index (χ3n) is 9.24. The van der Waals surface area contributed by atoms with E-state index in [0.717, 1.165) is 39.0 Å². The first-order valence-electron chi connectivity index (χ1n) is 16.0. The van der Waals surface area contributed by atoms with E-state index >= 15 is 0 Å². The normalized spacial score (nSPS) is 12.6. The van der Waals surface area contributed by atoms with E-state index in [1.165, 1.54) is 16.3 Å². The minimum absolute atomic E-state index is 0. The van der Waals surface area contributed by atoms with Crippen molar-refractivity contribution in [2.45, 2.75) is 71.8 Å². The van der Waals surface area contributed by atoms with Crippen LogP contribution in [0.5, 0.6) is 5.75 Å². The number of phenols is 1. The molecule has 7 aromatic rings. The summed E-state index contributed by atoms with van der Waals surface area (Å²) in [6.07, 6.45) is 5.52. The van der Waals surface area contributed by atoms with Gasteiger partial charge < -0.3 is 18.8 Å². The van der Waals surface area contributed by atoms with Gasteiger partial charge in [-0.25, -0.2) is 4.98 Å². The summed E-state index contributed by atoms with van der Waals surface area (Å²) in [4.78, 5) is 4.78. The summed E-state index contributed by atoms with van der Waals surface area (Å²) in [7, 11) is 0. The summed E-state index contributed by atoms with van der Waals surface area (Å²) >= 11 is 0. The van der Waals surface area contributed by atoms with Crippen molar-refractivity contribution < 1.29 is 30.7 Å². The van der Waals surface area contributed by atoms with Crippen LogP contribution in [0.25, 0.3) is 44.3 Å². The maximum absolute atomic E-state index is 11.1. The molecule has 0 aliphatic carbocycles. The molecule has 0 amide bonds. The summed E-state index contributed by atoms with van der Waals surface area (Å²) in [6, 6.07) is 35.1. The van der Waals surface area contributed by atoms with Gasteiger partial charge in [-0.15, -0.1) is 17.2 Å². The molecule has 240 valence electrons. The molecule has 0 saturated carbocycles. The molecular formula is C41H41N4OPt+. The first kappa shape index (κ1) is 32.7. The SMILES string of the molecule is CC(C)(C)c1ccc(O)c(-n2[c-][n+](C(C)(C)c3[c-]c4c(c(C(C)(C)C)c3)c3ccccc3n4-c3ccccn3)c3ccccc32)c1.[Pt+2]. The van der Waals surface area contributed by atoms with Gasteiger partial charge in [-0.05, 0) is 59.9 Å². The summed E-state index contributed by atoms with van der Waals surface area (Å²) < 4.78 is 6.44. The van der Waals surface area contributed by atoms with Crippen molar-refractivity contribution >= 4 is 32.8 Å². The Morgan fingerprint density at radius 3 is 2.11 bits per heavy atom. The van der Waals surface area contributed by atoms with Gasteiger partial charge in [0.1, 0.15) is 11.6 Å². The summed E-state index contributed by atoms with van der Waals surface area (Å²) in [5, 5.41) is 13.5. The fourth-order valence-corrected chi connectivity index (χ4v) is 6.61. The van der Waals surface area contributed by atoms with E-state index in [9.17, 15) is 5.11 Å². The average molecular weight is 801 g/mol. The number of hydrogen-bond donors (Lipinski definition) is 1. The van der Waals surface area contributed by atoms with Crippen LogP contribution in [0.1, 0.15) is 72.1 Å². The van der Waals surface area contributed by atoms with Crippen molar-refractivity contribution in [3.05, 3.63) is 126 Å². The summed E-state index contributed by atoms with van der Waals surface area (Å²) in [5.41, 5.74) is 7.49. The quantitative estimate of drug-likeness (QED) is 0.143. The van der Waals surface area contributed by atoms with Crippen molar-refractivity contribution in [2.75, 3.05) is 0 Å². The predicted molar refractivity (Wildman–Crippen MR) is 187 cm³/mol. The predicted octanol–water partition coefficient (Wildman–Crippen LogP) is 9.09. The minimum atomic E-state index is -0.568. The number of aromatic nitrogens is 4. The van der Waals surface area contributed by atoms with E-state index in [2.05, 4.69) is 138 Å². The van der Waals surface area contributed by atoms with Crippen LogP contribution in [0.3, 0.4) is 0 Å². The Bertz CT molecular complexity index is 2260. The zero-order valence-corrected chi connectivity index (χ0v) is 30.6. The van der Waals surface area contributed by atoms with Crippen molar-refractivity contribution in [1.29, 1.82) is 0 Å². The molecule has 0 fully saturated rings. The molecule has 0 bridgehead atoms. The van der Waals surface area contributed by atoms with Crippen LogP contribution in [0, 0.1) is 12.4 Å². The number of aromatic hydroxyl groups is 1. The number of rotatable bonds is 4. The number of phenolic OH excluding ortho intramolecular Hbond substituents is 1. The number of para-hydroxylation sites is 3. The number of fused-ring (bicyclic) bond motifs is 4. The topological polar surface area (TPSA) is 46.9 Å². The molecule has 0 unspecified atom stereocenters. The van der Waals surface area contributed by atoms with Gasteiger partial charge in [0.2, 0.25) is 6.33 Å². The van der Waals surface area contributed by atoms with E-state index < -0.39 is 5.54 Å². The van der Waals surface area contributed by atoms with E-state index in [0.29, 0.717) is 5.69 Å². The smallest absolute Gasteiger partial charge is 0.513 e. The Labute approximate surface area is 291 Å². The molecule has 0 aliphatic rings. The standard InChI is InChI=1S/C41H41N4O.Pt/c1-39(2,3)27-20-21-36(46)34(24-27)43-26-44(33-18-12-11-17-32(33)43)41(7,8)28-23-30(40(4,5)6)38-29-15-9-10-16-31(29)45(35(38)25-28)37-19-13-14-22-42-37;/h9-24,46H,1-8H3;/q-1;+2. The third-order valence-corrected chi connectivity index (χ3v) is 9.24. The fraction of sp³-hybridized carbons (Fsp3) is 0.268. The molecule has 1 N–H and O–H groups in total. The third kappa shape index (κ3) is 5.39. The molecule has 0 radical (unpaired) electrons. The molecule has 3 aromatic heterocycles. The van der Waals surface area contributed by atoms with Crippen LogP contribution in [-0.2, 0) is 37.4 Å². The molecule has 0 spiro atoms. The molecule has 0 aliphatic heterocycles. The van der Waals surface area contributed by atoms with E-state index in [1.807, 2.05) is 35.0 Å². The second-order valence-corrected chi connectivity index (χ2v) is 14.9. The van der Waals surface area contributed by atoms with Crippen LogP contribution < -0.4 is 4.57 Å². The van der Waals surface area contributed by atoms with Gasteiger partial charge in [-0.2, -0.15) is 6.07 Å². The van der Waals surface area contributed by atoms with Gasteiger partial charge >= 0.3 is 21.1 Å². The number of nitrogens with zero attached hydrogens (tertiary/aromatic N) is 4. The number of benzene rings is 4. The largest absolute Gasteiger partial charge is 2.00 e. The monoisotopic (exact) mass is 800 g/mol. The maximum Gasteiger partial charge on any atom is 2.00 e. The van der Waals surface area contributed by atoms with Crippen LogP contribution in [0.2, 0.25) is 0 Å². The minimum Gasteiger partial charge on any atom is -0.513 e. The Morgan fingerprint density at radius 2 is 1.43 bits per heavy atom. The van der Waals surface area contributed by atoms with Crippen LogP contribution in [0.15, 0.2) is 97.2 Å². The van der Waals surface area contributed by atoms with Crippen molar-refractivity contribution in [3.8, 4) is 17.3 Å². The van der Waals surface area contributed by atoms with Gasteiger partial charge in [-0.3, -0.25) is 0 Å². The zero-order valence-electron chi connectivity index (χ0n) is 28.3. The molecule has 4 aromatic carbocycles. The Morgan fingerprint density at radius 1 is 0.745 bits per heavy atom. The maximum atomic E-state index is 11.1. The first-order chi connectivity index (χ1) is 21.8. The van der Waals surface area contributed by atoms with Crippen LogP contribution in [0.4, 0.5) is 0 Å². The molecule has 5 nitrogen and oxygen atoms in total. The van der Waals surface area contributed by atoms with Gasteiger partial charge in [0.15, 0.2) is 0 Å². The van der Waals surface area contributed by atoms with Gasteiger partial charge in [0.05, 0.1) is 22.3 Å². The Kier molecular flexibility index (Phi) is 8.00. The average Bonchev–Trinajstić information content (AvgIpc) is 3.57. The molecule has 47 heavy (non-hydrogen) atoms. The summed E-state index contributed by atoms with van der Waals surface area (Å²) in [5.74, 6) is 1.09. The second-order valence-electron chi connectivity index (χ2n) is 14.9. The molecular weight excluding hydrogens is 760 g/mol. The fourth-order valence-electron chi connectivity index (χ4n) is 6.61. The van der Waals surface area contributed by atoms with Crippen molar-refractivity contribution in [3.63, 3.8) is 0 Å². The number of imidazole rings is 1. The van der Waals surface area contributed by atoms with Gasteiger partial charge in [0, 0.05) is 11.7 Å². The van der Waals surface area contributed by atoms with E-state index in [-0.39, 0.29) is 37.6 Å². The second kappa shape index (κ2) is 11.5. The molecule has 0 saturated heterocycles. The molecule has 0 atom stereocenters. The number of hydrogen-bond acceptors (Lipinski definition) is 2. The van der Waals surface area contributed by atoms with Gasteiger partial charge in [-0.1, -0.05) is 113 Å². The van der Waals surface area contributed by atoms with E-state index in [1.54, 1.807) is 6.07 Å². The zero-order chi connectivity index (χ0) is 32.6. The van der Waals surface area contributed by atoms with Crippen molar-refractivity contribution in [2.24, 2.45) is 0 Å². The van der Waals surface area contributed by atoms with Crippen LogP contribution >= 0.6 is 0 Å². The van der Waals surface area contributed by atoms with Crippen molar-refractivity contribution in [1.82, 2.24) is 14.1 Å². The van der Waals surface area contributed by atoms with Crippen LogP contribution in [-0.4, -0.2) is 19.2 Å². The first-order valence-corrected chi connectivity index (χ1v) is 16.0. The Hall–Kier alpha value is -4.21. The molecule has 6 heteroatoms.